The van der Waals surface area contributed by atoms with Crippen LogP contribution in [0.5, 0.6) is 0 Å². The van der Waals surface area contributed by atoms with E-state index in [0.717, 1.165) is 11.1 Å². The summed E-state index contributed by atoms with van der Waals surface area (Å²) in [7, 11) is 0. The monoisotopic (exact) mass is 239 g/mol. The highest BCUT2D eigenvalue weighted by molar-refractivity contribution is 5.81. The van der Waals surface area contributed by atoms with Crippen molar-refractivity contribution in [2.24, 2.45) is 0 Å². The molecule has 2 aromatic carbocycles. The van der Waals surface area contributed by atoms with Gasteiger partial charge in [0.1, 0.15) is 0 Å². The van der Waals surface area contributed by atoms with Crippen LogP contribution in [0.4, 0.5) is 0 Å². The van der Waals surface area contributed by atoms with Gasteiger partial charge in [0, 0.05) is 0 Å². The van der Waals surface area contributed by atoms with Gasteiger partial charge in [-0.1, -0.05) is 24.3 Å². The minimum atomic E-state index is -0.414. The first-order valence-corrected chi connectivity index (χ1v) is 5.84. The standard InChI is InChI=1S/C15H13NO2/c1-9-4-3-5-12(10(9)2)11-6-7-14-13(8-11)16-15(17)18-14/h3-8H,1-2H3,(H,16,17). The van der Waals surface area contributed by atoms with Gasteiger partial charge in [-0.25, -0.2) is 4.79 Å². The topological polar surface area (TPSA) is 46.0 Å². The second kappa shape index (κ2) is 3.88. The van der Waals surface area contributed by atoms with Gasteiger partial charge in [0.05, 0.1) is 5.52 Å². The minimum absolute atomic E-state index is 0.414. The van der Waals surface area contributed by atoms with Crippen LogP contribution in [-0.4, -0.2) is 4.98 Å². The largest absolute Gasteiger partial charge is 0.417 e. The normalized spacial score (nSPS) is 11.0. The van der Waals surface area contributed by atoms with Gasteiger partial charge in [-0.3, -0.25) is 4.98 Å². The Kier molecular flexibility index (Phi) is 2.33. The molecule has 0 unspecified atom stereocenters. The molecule has 0 radical (unpaired) electrons. The molecule has 3 heteroatoms. The lowest BCUT2D eigenvalue weighted by Gasteiger charge is -2.08. The van der Waals surface area contributed by atoms with Gasteiger partial charge < -0.3 is 4.42 Å². The summed E-state index contributed by atoms with van der Waals surface area (Å²) >= 11 is 0. The number of fused-ring (bicyclic) bond motifs is 1. The molecule has 0 bridgehead atoms. The van der Waals surface area contributed by atoms with Crippen molar-refractivity contribution in [1.29, 1.82) is 0 Å². The van der Waals surface area contributed by atoms with Gasteiger partial charge in [0.25, 0.3) is 0 Å². The predicted octanol–water partition coefficient (Wildman–Crippen LogP) is 3.40. The van der Waals surface area contributed by atoms with E-state index in [0.29, 0.717) is 5.58 Å². The number of hydrogen-bond acceptors (Lipinski definition) is 2. The minimum Gasteiger partial charge on any atom is -0.408 e. The summed E-state index contributed by atoms with van der Waals surface area (Å²) in [6.45, 7) is 4.20. The maximum absolute atomic E-state index is 11.1. The molecule has 1 heterocycles. The van der Waals surface area contributed by atoms with E-state index in [2.05, 4.69) is 31.0 Å². The maximum atomic E-state index is 11.1. The summed E-state index contributed by atoms with van der Waals surface area (Å²) in [5, 5.41) is 0. The first kappa shape index (κ1) is 10.8. The Hall–Kier alpha value is -2.29. The Labute approximate surface area is 104 Å². The number of oxazole rings is 1. The average Bonchev–Trinajstić information content (AvgIpc) is 2.71. The maximum Gasteiger partial charge on any atom is 0.417 e. The van der Waals surface area contributed by atoms with Gasteiger partial charge in [0.15, 0.2) is 5.58 Å². The quantitative estimate of drug-likeness (QED) is 0.707. The number of nitrogens with one attached hydrogen (secondary N) is 1. The summed E-state index contributed by atoms with van der Waals surface area (Å²) in [6.07, 6.45) is 0. The van der Waals surface area contributed by atoms with E-state index in [9.17, 15) is 4.79 Å². The highest BCUT2D eigenvalue weighted by Crippen LogP contribution is 2.27. The Morgan fingerprint density at radius 2 is 1.94 bits per heavy atom. The molecule has 1 aromatic heterocycles. The molecule has 0 fully saturated rings. The summed E-state index contributed by atoms with van der Waals surface area (Å²) in [5.74, 6) is -0.414. The number of aryl methyl sites for hydroxylation is 1. The van der Waals surface area contributed by atoms with Crippen LogP contribution in [0.3, 0.4) is 0 Å². The second-order valence-electron chi connectivity index (χ2n) is 4.47. The summed E-state index contributed by atoms with van der Waals surface area (Å²) in [5.41, 5.74) is 6.10. The van der Waals surface area contributed by atoms with Crippen LogP contribution in [0, 0.1) is 13.8 Å². The van der Waals surface area contributed by atoms with Gasteiger partial charge in [0.2, 0.25) is 0 Å². The van der Waals surface area contributed by atoms with Crippen molar-refractivity contribution in [3.63, 3.8) is 0 Å². The number of rotatable bonds is 1. The van der Waals surface area contributed by atoms with Crippen molar-refractivity contribution in [3.8, 4) is 11.1 Å². The van der Waals surface area contributed by atoms with Crippen LogP contribution in [0.15, 0.2) is 45.6 Å². The molecular weight excluding hydrogens is 226 g/mol. The number of H-pyrrole nitrogens is 1. The summed E-state index contributed by atoms with van der Waals surface area (Å²) in [4.78, 5) is 13.8. The third-order valence-electron chi connectivity index (χ3n) is 3.33. The Morgan fingerprint density at radius 1 is 1.11 bits per heavy atom. The first-order chi connectivity index (χ1) is 8.65. The van der Waals surface area contributed by atoms with Crippen molar-refractivity contribution >= 4 is 11.1 Å². The molecule has 0 amide bonds. The molecule has 0 saturated heterocycles. The van der Waals surface area contributed by atoms with Crippen molar-refractivity contribution in [2.75, 3.05) is 0 Å². The molecule has 0 aliphatic heterocycles. The molecule has 3 aromatic rings. The zero-order chi connectivity index (χ0) is 12.7. The van der Waals surface area contributed by atoms with Gasteiger partial charge in [-0.05, 0) is 48.2 Å². The van der Waals surface area contributed by atoms with Crippen molar-refractivity contribution < 1.29 is 4.42 Å². The molecule has 3 nitrogen and oxygen atoms in total. The third kappa shape index (κ3) is 1.64. The highest BCUT2D eigenvalue weighted by Gasteiger charge is 2.06. The van der Waals surface area contributed by atoms with E-state index >= 15 is 0 Å². The van der Waals surface area contributed by atoms with E-state index in [1.807, 2.05) is 24.3 Å². The van der Waals surface area contributed by atoms with Crippen LogP contribution in [0.25, 0.3) is 22.2 Å². The first-order valence-electron chi connectivity index (χ1n) is 5.84. The van der Waals surface area contributed by atoms with E-state index in [1.165, 1.54) is 16.7 Å². The SMILES string of the molecule is Cc1cccc(-c2ccc3oc(=O)[nH]c3c2)c1C. The second-order valence-corrected chi connectivity index (χ2v) is 4.47. The van der Waals surface area contributed by atoms with Crippen molar-refractivity contribution in [3.05, 3.63) is 58.1 Å². The van der Waals surface area contributed by atoms with Gasteiger partial charge in [-0.15, -0.1) is 0 Å². The molecule has 0 aliphatic carbocycles. The fourth-order valence-corrected chi connectivity index (χ4v) is 2.18. The van der Waals surface area contributed by atoms with Crippen molar-refractivity contribution in [2.45, 2.75) is 13.8 Å². The molecule has 90 valence electrons. The van der Waals surface area contributed by atoms with Crippen LogP contribution in [0.1, 0.15) is 11.1 Å². The smallest absolute Gasteiger partial charge is 0.408 e. The van der Waals surface area contributed by atoms with Crippen LogP contribution in [0.2, 0.25) is 0 Å². The molecule has 18 heavy (non-hydrogen) atoms. The molecule has 1 N–H and O–H groups in total. The molecule has 0 saturated carbocycles. The molecule has 0 atom stereocenters. The van der Waals surface area contributed by atoms with E-state index < -0.39 is 5.76 Å². The van der Waals surface area contributed by atoms with Crippen LogP contribution >= 0.6 is 0 Å². The lowest BCUT2D eigenvalue weighted by molar-refractivity contribution is 0.555. The fraction of sp³-hybridized carbons (Fsp3) is 0.133. The Morgan fingerprint density at radius 3 is 2.78 bits per heavy atom. The van der Waals surface area contributed by atoms with E-state index in [4.69, 9.17) is 4.42 Å². The molecular formula is C15H13NO2. The van der Waals surface area contributed by atoms with Gasteiger partial charge >= 0.3 is 5.76 Å². The lowest BCUT2D eigenvalue weighted by Crippen LogP contribution is -1.93. The van der Waals surface area contributed by atoms with E-state index in [1.54, 1.807) is 0 Å². The van der Waals surface area contributed by atoms with Crippen LogP contribution < -0.4 is 5.76 Å². The van der Waals surface area contributed by atoms with Crippen LogP contribution in [-0.2, 0) is 0 Å². The molecule has 3 rings (SSSR count). The molecule has 0 spiro atoms. The average molecular weight is 239 g/mol. The summed E-state index contributed by atoms with van der Waals surface area (Å²) < 4.78 is 5.00. The third-order valence-corrected chi connectivity index (χ3v) is 3.33. The molecule has 0 aliphatic rings. The number of hydrogen-bond donors (Lipinski definition) is 1. The highest BCUT2D eigenvalue weighted by atomic mass is 16.4. The van der Waals surface area contributed by atoms with Crippen molar-refractivity contribution in [1.82, 2.24) is 4.98 Å². The number of aromatic nitrogens is 1. The number of benzene rings is 2. The van der Waals surface area contributed by atoms with E-state index in [-0.39, 0.29) is 0 Å². The Balaban J connectivity index is 2.25. The lowest BCUT2D eigenvalue weighted by atomic mass is 9.97. The Bertz CT molecular complexity index is 781. The zero-order valence-corrected chi connectivity index (χ0v) is 10.3. The zero-order valence-electron chi connectivity index (χ0n) is 10.3. The fourth-order valence-electron chi connectivity index (χ4n) is 2.18. The number of aromatic amines is 1. The predicted molar refractivity (Wildman–Crippen MR) is 71.7 cm³/mol. The summed E-state index contributed by atoms with van der Waals surface area (Å²) in [6, 6.07) is 12.0. The van der Waals surface area contributed by atoms with Gasteiger partial charge in [-0.2, -0.15) is 0 Å².